The van der Waals surface area contributed by atoms with E-state index in [9.17, 15) is 18.1 Å². The Hall–Kier alpha value is -3.53. The van der Waals surface area contributed by atoms with Crippen LogP contribution in [0.15, 0.2) is 30.5 Å². The molecule has 0 radical (unpaired) electrons. The number of nitrogens with zero attached hydrogens (tertiary/aromatic N) is 4. The summed E-state index contributed by atoms with van der Waals surface area (Å²) in [4.78, 5) is 6.58. The lowest BCUT2D eigenvalue weighted by atomic mass is 9.92. The molecule has 2 bridgehead atoms. The SMILES string of the molecule is CC1Oc2cc(cnc2N)-c2c(nn(C)c2C#N)CC2C(NNS2(=O)=O)c2ccc(F)cc21. The van der Waals surface area contributed by atoms with Crippen LogP contribution in [0.2, 0.25) is 0 Å². The molecule has 1 fully saturated rings. The third-order valence-corrected chi connectivity index (χ3v) is 7.68. The van der Waals surface area contributed by atoms with Crippen LogP contribution in [-0.4, -0.2) is 28.4 Å². The van der Waals surface area contributed by atoms with Gasteiger partial charge in [0.15, 0.2) is 11.6 Å². The van der Waals surface area contributed by atoms with E-state index >= 15 is 0 Å². The van der Waals surface area contributed by atoms with Crippen LogP contribution in [0, 0.1) is 17.1 Å². The minimum absolute atomic E-state index is 0.00359. The van der Waals surface area contributed by atoms with Crippen molar-refractivity contribution in [2.24, 2.45) is 7.05 Å². The van der Waals surface area contributed by atoms with E-state index in [1.165, 1.54) is 23.0 Å². The van der Waals surface area contributed by atoms with Gasteiger partial charge in [-0.2, -0.15) is 15.2 Å². The summed E-state index contributed by atoms with van der Waals surface area (Å²) < 4.78 is 47.6. The van der Waals surface area contributed by atoms with Gasteiger partial charge < -0.3 is 10.5 Å². The van der Waals surface area contributed by atoms with Gasteiger partial charge >= 0.3 is 0 Å². The first-order valence-corrected chi connectivity index (χ1v) is 11.7. The Bertz CT molecular complexity index is 1430. The number of anilines is 1. The quantitative estimate of drug-likeness (QED) is 0.450. The molecule has 3 atom stereocenters. The molecule has 12 heteroatoms. The first-order valence-electron chi connectivity index (χ1n) is 10.1. The Labute approximate surface area is 189 Å². The van der Waals surface area contributed by atoms with Crippen molar-refractivity contribution in [1.29, 1.82) is 5.26 Å². The fraction of sp³-hybridized carbons (Fsp3) is 0.286. The molecule has 170 valence electrons. The number of nitriles is 1. The number of ether oxygens (including phenoxy) is 1. The zero-order chi connectivity index (χ0) is 23.5. The van der Waals surface area contributed by atoms with Crippen LogP contribution in [0.5, 0.6) is 5.75 Å². The smallest absolute Gasteiger partial charge is 0.229 e. The average molecular weight is 470 g/mol. The maximum atomic E-state index is 14.2. The second kappa shape index (κ2) is 7.51. The van der Waals surface area contributed by atoms with Gasteiger partial charge in [-0.05, 0) is 36.2 Å². The highest BCUT2D eigenvalue weighted by atomic mass is 32.2. The first kappa shape index (κ1) is 21.3. The number of halogens is 1. The number of hydrogen-bond donors (Lipinski definition) is 3. The van der Waals surface area contributed by atoms with Gasteiger partial charge in [0.25, 0.3) is 0 Å². The molecule has 4 heterocycles. The molecular weight excluding hydrogens is 449 g/mol. The lowest BCUT2D eigenvalue weighted by molar-refractivity contribution is 0.224. The fourth-order valence-electron chi connectivity index (χ4n) is 4.46. The Kier molecular flexibility index (Phi) is 4.86. The highest BCUT2D eigenvalue weighted by Crippen LogP contribution is 2.39. The van der Waals surface area contributed by atoms with Crippen molar-refractivity contribution >= 4 is 15.8 Å². The number of nitrogen functional groups attached to an aromatic ring is 1. The maximum absolute atomic E-state index is 14.2. The minimum Gasteiger partial charge on any atom is -0.482 e. The van der Waals surface area contributed by atoms with E-state index in [-0.39, 0.29) is 23.7 Å². The van der Waals surface area contributed by atoms with Crippen molar-refractivity contribution in [3.63, 3.8) is 0 Å². The lowest BCUT2D eigenvalue weighted by Crippen LogP contribution is -2.28. The van der Waals surface area contributed by atoms with Gasteiger partial charge in [0.1, 0.15) is 28.9 Å². The van der Waals surface area contributed by atoms with Crippen molar-refractivity contribution in [3.8, 4) is 22.9 Å². The van der Waals surface area contributed by atoms with E-state index in [1.54, 1.807) is 26.1 Å². The number of nitrogens with two attached hydrogens (primary N) is 1. The number of sulfonamides is 1. The van der Waals surface area contributed by atoms with Crippen LogP contribution in [0.1, 0.15) is 41.6 Å². The molecule has 0 aliphatic carbocycles. The normalized spacial score (nSPS) is 23.2. The summed E-state index contributed by atoms with van der Waals surface area (Å²) in [6.07, 6.45) is 0.818. The second-order valence-electron chi connectivity index (χ2n) is 8.06. The maximum Gasteiger partial charge on any atom is 0.229 e. The van der Waals surface area contributed by atoms with E-state index in [4.69, 9.17) is 10.5 Å². The number of aromatic nitrogens is 3. The standard InChI is InChI=1S/C21H20FN7O3S/c1-10-14-6-12(22)3-4-13(14)20-18(33(30,31)28-26-20)7-15-19(16(8-23)29(2)27-15)11-5-17(32-10)21(24)25-9-11/h3-6,9-10,18,20,26,28H,7H2,1-2H3,(H2,24,25). The van der Waals surface area contributed by atoms with E-state index in [0.717, 1.165) is 0 Å². The summed E-state index contributed by atoms with van der Waals surface area (Å²) in [6.45, 7) is 1.72. The summed E-state index contributed by atoms with van der Waals surface area (Å²) in [7, 11) is -2.19. The molecule has 1 saturated heterocycles. The summed E-state index contributed by atoms with van der Waals surface area (Å²) >= 11 is 0. The number of nitrogens with one attached hydrogen (secondary N) is 2. The molecule has 33 heavy (non-hydrogen) atoms. The van der Waals surface area contributed by atoms with E-state index in [2.05, 4.69) is 26.4 Å². The minimum atomic E-state index is -3.80. The summed E-state index contributed by atoms with van der Waals surface area (Å²) in [6, 6.07) is 7.19. The number of pyridine rings is 1. The monoisotopic (exact) mass is 469 g/mol. The summed E-state index contributed by atoms with van der Waals surface area (Å²) in [5, 5.41) is 13.2. The van der Waals surface area contributed by atoms with E-state index in [0.29, 0.717) is 27.9 Å². The number of fused-ring (bicyclic) bond motifs is 7. The highest BCUT2D eigenvalue weighted by Gasteiger charge is 2.43. The highest BCUT2D eigenvalue weighted by molar-refractivity contribution is 7.90. The van der Waals surface area contributed by atoms with Crippen LogP contribution < -0.4 is 20.7 Å². The zero-order valence-electron chi connectivity index (χ0n) is 17.7. The van der Waals surface area contributed by atoms with Crippen LogP contribution >= 0.6 is 0 Å². The third kappa shape index (κ3) is 3.41. The Balaban J connectivity index is 1.81. The van der Waals surface area contributed by atoms with Gasteiger partial charge in [-0.1, -0.05) is 6.07 Å². The number of hydrogen-bond acceptors (Lipinski definition) is 8. The predicted molar refractivity (Wildman–Crippen MR) is 116 cm³/mol. The van der Waals surface area contributed by atoms with Gasteiger partial charge in [0, 0.05) is 30.8 Å². The Morgan fingerprint density at radius 2 is 2.12 bits per heavy atom. The van der Waals surface area contributed by atoms with Gasteiger partial charge in [-0.25, -0.2) is 23.2 Å². The van der Waals surface area contributed by atoms with Gasteiger partial charge in [0.2, 0.25) is 10.0 Å². The molecule has 2 aliphatic rings. The molecule has 0 saturated carbocycles. The topological polar surface area (TPSA) is 148 Å². The Morgan fingerprint density at radius 3 is 2.88 bits per heavy atom. The predicted octanol–water partition coefficient (Wildman–Crippen LogP) is 1.62. The van der Waals surface area contributed by atoms with Crippen molar-refractivity contribution in [1.82, 2.24) is 25.0 Å². The first-order chi connectivity index (χ1) is 15.7. The Morgan fingerprint density at radius 1 is 1.33 bits per heavy atom. The fourth-order valence-corrected chi connectivity index (χ4v) is 5.86. The van der Waals surface area contributed by atoms with Crippen molar-refractivity contribution in [3.05, 3.63) is 58.8 Å². The lowest BCUT2D eigenvalue weighted by Gasteiger charge is -2.25. The van der Waals surface area contributed by atoms with Gasteiger partial charge in [0.05, 0.1) is 11.7 Å². The summed E-state index contributed by atoms with van der Waals surface area (Å²) in [5.74, 6) is -0.0889. The van der Waals surface area contributed by atoms with Crippen molar-refractivity contribution < 1.29 is 17.5 Å². The van der Waals surface area contributed by atoms with E-state index < -0.39 is 33.2 Å². The van der Waals surface area contributed by atoms with Crippen molar-refractivity contribution in [2.45, 2.75) is 30.7 Å². The molecule has 5 rings (SSSR count). The van der Waals surface area contributed by atoms with E-state index in [1.807, 2.05) is 0 Å². The average Bonchev–Trinajstić information content (AvgIpc) is 3.24. The molecular formula is C21H20FN7O3S. The molecule has 0 amide bonds. The van der Waals surface area contributed by atoms with Crippen LogP contribution in [0.25, 0.3) is 11.1 Å². The van der Waals surface area contributed by atoms with Gasteiger partial charge in [-0.15, -0.1) is 0 Å². The molecule has 3 aromatic rings. The number of aryl methyl sites for hydroxylation is 1. The second-order valence-corrected chi connectivity index (χ2v) is 9.96. The van der Waals surface area contributed by atoms with Gasteiger partial charge in [-0.3, -0.25) is 4.68 Å². The zero-order valence-corrected chi connectivity index (χ0v) is 18.5. The van der Waals surface area contributed by atoms with Crippen LogP contribution in [-0.2, 0) is 23.5 Å². The number of rotatable bonds is 0. The molecule has 2 aliphatic heterocycles. The number of hydrazine groups is 1. The third-order valence-electron chi connectivity index (χ3n) is 6.04. The molecule has 3 unspecified atom stereocenters. The molecule has 2 aromatic heterocycles. The molecule has 4 N–H and O–H groups in total. The largest absolute Gasteiger partial charge is 0.482 e. The molecule has 0 spiro atoms. The molecule has 10 nitrogen and oxygen atoms in total. The molecule has 1 aromatic carbocycles. The van der Waals surface area contributed by atoms with Crippen LogP contribution in [0.3, 0.4) is 0 Å². The number of benzene rings is 1. The summed E-state index contributed by atoms with van der Waals surface area (Å²) in [5.41, 5.74) is 11.5. The van der Waals surface area contributed by atoms with Crippen LogP contribution in [0.4, 0.5) is 10.2 Å². The van der Waals surface area contributed by atoms with Crippen molar-refractivity contribution in [2.75, 3.05) is 5.73 Å².